The number of para-hydroxylation sites is 1. The number of furan rings is 1. The van der Waals surface area contributed by atoms with Crippen molar-refractivity contribution in [1.29, 1.82) is 0 Å². The van der Waals surface area contributed by atoms with Gasteiger partial charge in [-0.25, -0.2) is 0 Å². The Morgan fingerprint density at radius 1 is 1.29 bits per heavy atom. The number of fused-ring (bicyclic) bond motifs is 1. The number of hydrogen-bond donors (Lipinski definition) is 1. The highest BCUT2D eigenvalue weighted by atomic mass is 16.3. The molecule has 0 amide bonds. The molecule has 0 aliphatic heterocycles. The maximum atomic E-state index is 5.78. The van der Waals surface area contributed by atoms with Crippen LogP contribution in [0.25, 0.3) is 11.0 Å². The van der Waals surface area contributed by atoms with E-state index >= 15 is 0 Å². The minimum Gasteiger partial charge on any atom is -0.460 e. The molecular formula is C14H20N2O. The first kappa shape index (κ1) is 12.1. The van der Waals surface area contributed by atoms with Gasteiger partial charge in [0.1, 0.15) is 11.3 Å². The predicted octanol–water partition coefficient (Wildman–Crippen LogP) is 2.47. The smallest absolute Gasteiger partial charge is 0.134 e. The van der Waals surface area contributed by atoms with Crippen molar-refractivity contribution in [1.82, 2.24) is 10.2 Å². The largest absolute Gasteiger partial charge is 0.460 e. The molecule has 1 aromatic heterocycles. The molecule has 2 rings (SSSR count). The lowest BCUT2D eigenvalue weighted by atomic mass is 10.2. The van der Waals surface area contributed by atoms with E-state index in [4.69, 9.17) is 4.42 Å². The molecule has 0 saturated heterocycles. The van der Waals surface area contributed by atoms with Crippen LogP contribution < -0.4 is 5.32 Å². The second-order valence-electron chi connectivity index (χ2n) is 4.34. The number of likely N-dealkylation sites (N-methyl/N-ethyl adjacent to an activating group) is 2. The normalized spacial score (nSPS) is 11.5. The van der Waals surface area contributed by atoms with E-state index in [-0.39, 0.29) is 0 Å². The minimum absolute atomic E-state index is 0.861. The summed E-state index contributed by atoms with van der Waals surface area (Å²) >= 11 is 0. The standard InChI is InChI=1S/C14H20N2O/c1-3-15-8-9-16(2)11-13-10-12-6-4-5-7-14(12)17-13/h4-7,10,15H,3,8-9,11H2,1-2H3. The Balaban J connectivity index is 1.93. The van der Waals surface area contributed by atoms with Crippen LogP contribution in [0.3, 0.4) is 0 Å². The second-order valence-corrected chi connectivity index (χ2v) is 4.34. The number of rotatable bonds is 6. The first-order chi connectivity index (χ1) is 8.29. The summed E-state index contributed by atoms with van der Waals surface area (Å²) in [5, 5.41) is 4.50. The molecule has 1 heterocycles. The third-order valence-corrected chi connectivity index (χ3v) is 2.82. The third-order valence-electron chi connectivity index (χ3n) is 2.82. The summed E-state index contributed by atoms with van der Waals surface area (Å²) in [5.41, 5.74) is 0.975. The first-order valence-electron chi connectivity index (χ1n) is 6.16. The van der Waals surface area contributed by atoms with Crippen molar-refractivity contribution in [3.63, 3.8) is 0 Å². The van der Waals surface area contributed by atoms with Crippen LogP contribution in [0.1, 0.15) is 12.7 Å². The topological polar surface area (TPSA) is 28.4 Å². The van der Waals surface area contributed by atoms with Crippen LogP contribution in [0, 0.1) is 0 Å². The summed E-state index contributed by atoms with van der Waals surface area (Å²) in [6, 6.07) is 10.3. The van der Waals surface area contributed by atoms with Crippen LogP contribution in [0.4, 0.5) is 0 Å². The molecule has 0 fully saturated rings. The molecule has 0 bridgehead atoms. The Bertz CT molecular complexity index is 431. The molecule has 0 saturated carbocycles. The van der Waals surface area contributed by atoms with Crippen molar-refractivity contribution in [2.24, 2.45) is 0 Å². The fourth-order valence-electron chi connectivity index (χ4n) is 1.91. The molecule has 3 nitrogen and oxygen atoms in total. The average Bonchev–Trinajstić information content (AvgIpc) is 2.71. The highest BCUT2D eigenvalue weighted by molar-refractivity contribution is 5.77. The van der Waals surface area contributed by atoms with E-state index in [2.05, 4.69) is 36.3 Å². The molecule has 17 heavy (non-hydrogen) atoms. The Morgan fingerprint density at radius 3 is 2.88 bits per heavy atom. The molecule has 1 aromatic carbocycles. The maximum absolute atomic E-state index is 5.78. The van der Waals surface area contributed by atoms with Crippen molar-refractivity contribution in [2.45, 2.75) is 13.5 Å². The zero-order valence-corrected chi connectivity index (χ0v) is 10.6. The van der Waals surface area contributed by atoms with Crippen LogP contribution in [-0.4, -0.2) is 31.6 Å². The average molecular weight is 232 g/mol. The molecule has 0 radical (unpaired) electrons. The maximum Gasteiger partial charge on any atom is 0.134 e. The van der Waals surface area contributed by atoms with Crippen molar-refractivity contribution in [2.75, 3.05) is 26.7 Å². The number of nitrogens with zero attached hydrogens (tertiary/aromatic N) is 1. The molecule has 3 heteroatoms. The summed E-state index contributed by atoms with van der Waals surface area (Å²) in [4.78, 5) is 2.26. The van der Waals surface area contributed by atoms with Crippen LogP contribution in [0.2, 0.25) is 0 Å². The van der Waals surface area contributed by atoms with E-state index < -0.39 is 0 Å². The van der Waals surface area contributed by atoms with Gasteiger partial charge in [-0.15, -0.1) is 0 Å². The Morgan fingerprint density at radius 2 is 2.12 bits per heavy atom. The van der Waals surface area contributed by atoms with Crippen LogP contribution in [-0.2, 0) is 6.54 Å². The minimum atomic E-state index is 0.861. The zero-order valence-electron chi connectivity index (χ0n) is 10.6. The van der Waals surface area contributed by atoms with Gasteiger partial charge in [0.15, 0.2) is 0 Å². The van der Waals surface area contributed by atoms with Crippen molar-refractivity contribution in [3.8, 4) is 0 Å². The summed E-state index contributed by atoms with van der Waals surface area (Å²) in [6.07, 6.45) is 0. The van der Waals surface area contributed by atoms with Crippen molar-refractivity contribution >= 4 is 11.0 Å². The van der Waals surface area contributed by atoms with E-state index in [1.165, 1.54) is 5.39 Å². The molecule has 0 aliphatic carbocycles. The number of benzene rings is 1. The third kappa shape index (κ3) is 3.32. The second kappa shape index (κ2) is 5.84. The van der Waals surface area contributed by atoms with Gasteiger partial charge in [0, 0.05) is 18.5 Å². The van der Waals surface area contributed by atoms with Gasteiger partial charge < -0.3 is 9.73 Å². The van der Waals surface area contributed by atoms with Crippen LogP contribution in [0.15, 0.2) is 34.7 Å². The first-order valence-corrected chi connectivity index (χ1v) is 6.16. The van der Waals surface area contributed by atoms with E-state index in [1.54, 1.807) is 0 Å². The molecular weight excluding hydrogens is 212 g/mol. The molecule has 0 spiro atoms. The number of nitrogens with one attached hydrogen (secondary N) is 1. The molecule has 2 aromatic rings. The van der Waals surface area contributed by atoms with Gasteiger partial charge in [0.05, 0.1) is 6.54 Å². The van der Waals surface area contributed by atoms with Gasteiger partial charge in [-0.3, -0.25) is 4.90 Å². The summed E-state index contributed by atoms with van der Waals surface area (Å²) in [5.74, 6) is 1.03. The monoisotopic (exact) mass is 232 g/mol. The Kier molecular flexibility index (Phi) is 4.18. The fourth-order valence-corrected chi connectivity index (χ4v) is 1.91. The zero-order chi connectivity index (χ0) is 12.1. The molecule has 0 unspecified atom stereocenters. The van der Waals surface area contributed by atoms with Crippen LogP contribution in [0.5, 0.6) is 0 Å². The molecule has 0 aliphatic rings. The fraction of sp³-hybridized carbons (Fsp3) is 0.429. The summed E-state index contributed by atoms with van der Waals surface area (Å²) in [7, 11) is 2.12. The van der Waals surface area contributed by atoms with Gasteiger partial charge in [-0.1, -0.05) is 25.1 Å². The highest BCUT2D eigenvalue weighted by Gasteiger charge is 2.05. The van der Waals surface area contributed by atoms with Gasteiger partial charge in [0.25, 0.3) is 0 Å². The Hall–Kier alpha value is -1.32. The molecule has 92 valence electrons. The van der Waals surface area contributed by atoms with E-state index in [9.17, 15) is 0 Å². The lowest BCUT2D eigenvalue weighted by Crippen LogP contribution is -2.28. The van der Waals surface area contributed by atoms with Crippen molar-refractivity contribution in [3.05, 3.63) is 36.1 Å². The summed E-state index contributed by atoms with van der Waals surface area (Å²) < 4.78 is 5.78. The number of hydrogen-bond acceptors (Lipinski definition) is 3. The SMILES string of the molecule is CCNCCN(C)Cc1cc2ccccc2o1. The van der Waals surface area contributed by atoms with E-state index in [0.29, 0.717) is 0 Å². The van der Waals surface area contributed by atoms with Gasteiger partial charge in [0.2, 0.25) is 0 Å². The Labute approximate surface area is 102 Å². The molecule has 1 N–H and O–H groups in total. The van der Waals surface area contributed by atoms with Crippen molar-refractivity contribution < 1.29 is 4.42 Å². The van der Waals surface area contributed by atoms with Gasteiger partial charge >= 0.3 is 0 Å². The van der Waals surface area contributed by atoms with Crippen LogP contribution >= 0.6 is 0 Å². The molecule has 0 atom stereocenters. The summed E-state index contributed by atoms with van der Waals surface area (Å²) in [6.45, 7) is 6.07. The van der Waals surface area contributed by atoms with E-state index in [0.717, 1.165) is 37.5 Å². The highest BCUT2D eigenvalue weighted by Crippen LogP contribution is 2.19. The van der Waals surface area contributed by atoms with Gasteiger partial charge in [-0.05, 0) is 25.7 Å². The van der Waals surface area contributed by atoms with Gasteiger partial charge in [-0.2, -0.15) is 0 Å². The van der Waals surface area contributed by atoms with E-state index in [1.807, 2.05) is 18.2 Å². The predicted molar refractivity (Wildman–Crippen MR) is 71.1 cm³/mol. The quantitative estimate of drug-likeness (QED) is 0.776. The lowest BCUT2D eigenvalue weighted by molar-refractivity contribution is 0.299. The lowest BCUT2D eigenvalue weighted by Gasteiger charge is -2.14.